The van der Waals surface area contributed by atoms with Crippen LogP contribution in [0.3, 0.4) is 0 Å². The Morgan fingerprint density at radius 2 is 1.63 bits per heavy atom. The number of rotatable bonds is 5. The topological polar surface area (TPSA) is 71.5 Å². The molecule has 0 radical (unpaired) electrons. The number of carbonyl (C=O) groups is 2. The molecule has 0 saturated carbocycles. The number of fused-ring (bicyclic) bond motifs is 1. The van der Waals surface area contributed by atoms with Crippen molar-refractivity contribution in [3.63, 3.8) is 0 Å². The van der Waals surface area contributed by atoms with Crippen molar-refractivity contribution >= 4 is 29.1 Å². The third-order valence-corrected chi connectivity index (χ3v) is 6.09. The highest BCUT2D eigenvalue weighted by Crippen LogP contribution is 2.28. The molecule has 4 aromatic rings. The Morgan fingerprint density at radius 1 is 0.886 bits per heavy atom. The van der Waals surface area contributed by atoms with E-state index in [4.69, 9.17) is 16.3 Å². The number of hydrogen-bond acceptors (Lipinski definition) is 4. The number of amides is 2. The quantitative estimate of drug-likeness (QED) is 0.368. The Labute approximate surface area is 208 Å². The van der Waals surface area contributed by atoms with Gasteiger partial charge in [-0.2, -0.15) is 0 Å². The van der Waals surface area contributed by atoms with Crippen molar-refractivity contribution in [3.8, 4) is 11.5 Å². The third-order valence-electron chi connectivity index (χ3n) is 5.87. The van der Waals surface area contributed by atoms with Gasteiger partial charge in [0.25, 0.3) is 5.91 Å². The second kappa shape index (κ2) is 9.99. The van der Waals surface area contributed by atoms with E-state index in [2.05, 4.69) is 10.3 Å². The minimum Gasteiger partial charge on any atom is -0.457 e. The molecule has 35 heavy (non-hydrogen) atoms. The molecule has 7 heteroatoms. The van der Waals surface area contributed by atoms with Crippen molar-refractivity contribution in [1.29, 1.82) is 0 Å². The molecular formula is C28H22ClN3O3. The zero-order valence-corrected chi connectivity index (χ0v) is 19.5. The van der Waals surface area contributed by atoms with E-state index in [0.29, 0.717) is 40.9 Å². The SMILES string of the molecule is O=C(Nc1ccc(Cl)nc1)[C@H]1Cc2ccccc2CN1C(=O)c1cccc(Oc2ccccc2)c1. The summed E-state index contributed by atoms with van der Waals surface area (Å²) in [7, 11) is 0. The molecule has 0 spiro atoms. The molecule has 174 valence electrons. The molecule has 0 unspecified atom stereocenters. The maximum Gasteiger partial charge on any atom is 0.254 e. The number of nitrogens with zero attached hydrogens (tertiary/aromatic N) is 2. The first kappa shape index (κ1) is 22.6. The molecule has 1 aliphatic heterocycles. The van der Waals surface area contributed by atoms with Crippen molar-refractivity contribution in [2.24, 2.45) is 0 Å². The highest BCUT2D eigenvalue weighted by molar-refractivity contribution is 6.29. The fraction of sp³-hybridized carbons (Fsp3) is 0.107. The predicted octanol–water partition coefficient (Wildman–Crippen LogP) is 5.73. The smallest absolute Gasteiger partial charge is 0.254 e. The van der Waals surface area contributed by atoms with Crippen molar-refractivity contribution in [2.45, 2.75) is 19.0 Å². The monoisotopic (exact) mass is 483 g/mol. The predicted molar refractivity (Wildman–Crippen MR) is 135 cm³/mol. The van der Waals surface area contributed by atoms with E-state index in [1.807, 2.05) is 54.6 Å². The average molecular weight is 484 g/mol. The molecular weight excluding hydrogens is 462 g/mol. The molecule has 0 fully saturated rings. The Hall–Kier alpha value is -4.16. The molecule has 0 bridgehead atoms. The number of hydrogen-bond donors (Lipinski definition) is 1. The lowest BCUT2D eigenvalue weighted by Crippen LogP contribution is -2.50. The Morgan fingerprint density at radius 3 is 2.40 bits per heavy atom. The zero-order valence-electron chi connectivity index (χ0n) is 18.7. The van der Waals surface area contributed by atoms with Gasteiger partial charge in [-0.1, -0.05) is 60.1 Å². The van der Waals surface area contributed by atoms with Crippen LogP contribution in [-0.4, -0.2) is 27.7 Å². The van der Waals surface area contributed by atoms with Gasteiger partial charge in [0.2, 0.25) is 5.91 Å². The zero-order chi connectivity index (χ0) is 24.2. The molecule has 1 N–H and O–H groups in total. The lowest BCUT2D eigenvalue weighted by Gasteiger charge is -2.36. The van der Waals surface area contributed by atoms with E-state index in [9.17, 15) is 9.59 Å². The van der Waals surface area contributed by atoms with Gasteiger partial charge >= 0.3 is 0 Å². The summed E-state index contributed by atoms with van der Waals surface area (Å²) in [5, 5.41) is 3.21. The van der Waals surface area contributed by atoms with Crippen LogP contribution in [0.5, 0.6) is 11.5 Å². The minimum atomic E-state index is -0.688. The van der Waals surface area contributed by atoms with Gasteiger partial charge in [0.15, 0.2) is 0 Å². The van der Waals surface area contributed by atoms with Crippen LogP contribution in [0.1, 0.15) is 21.5 Å². The maximum atomic E-state index is 13.7. The van der Waals surface area contributed by atoms with Gasteiger partial charge in [0.1, 0.15) is 22.7 Å². The minimum absolute atomic E-state index is 0.243. The molecule has 5 rings (SSSR count). The number of ether oxygens (including phenoxy) is 1. The molecule has 1 aliphatic rings. The van der Waals surface area contributed by atoms with E-state index in [1.165, 1.54) is 6.20 Å². The maximum absolute atomic E-state index is 13.7. The average Bonchev–Trinajstić information content (AvgIpc) is 2.89. The number of nitrogens with one attached hydrogen (secondary N) is 1. The Bertz CT molecular complexity index is 1360. The highest BCUT2D eigenvalue weighted by atomic mass is 35.5. The third kappa shape index (κ3) is 5.18. The normalized spacial score (nSPS) is 14.7. The van der Waals surface area contributed by atoms with Crippen molar-refractivity contribution < 1.29 is 14.3 Å². The van der Waals surface area contributed by atoms with Gasteiger partial charge < -0.3 is 15.0 Å². The molecule has 0 saturated heterocycles. The number of para-hydroxylation sites is 1. The van der Waals surface area contributed by atoms with Crippen LogP contribution >= 0.6 is 11.6 Å². The summed E-state index contributed by atoms with van der Waals surface area (Å²) >= 11 is 5.86. The summed E-state index contributed by atoms with van der Waals surface area (Å²) in [6.07, 6.45) is 1.91. The summed E-state index contributed by atoms with van der Waals surface area (Å²) < 4.78 is 5.91. The van der Waals surface area contributed by atoms with E-state index in [0.717, 1.165) is 11.1 Å². The summed E-state index contributed by atoms with van der Waals surface area (Å²) in [5.74, 6) is 0.701. The van der Waals surface area contributed by atoms with E-state index >= 15 is 0 Å². The van der Waals surface area contributed by atoms with Gasteiger partial charge in [-0.15, -0.1) is 0 Å². The fourth-order valence-corrected chi connectivity index (χ4v) is 4.24. The van der Waals surface area contributed by atoms with E-state index in [-0.39, 0.29) is 11.8 Å². The Kier molecular flexibility index (Phi) is 6.46. The molecule has 2 amide bonds. The number of pyridine rings is 1. The number of anilines is 1. The van der Waals surface area contributed by atoms with Crippen LogP contribution in [0, 0.1) is 0 Å². The van der Waals surface area contributed by atoms with Crippen LogP contribution in [-0.2, 0) is 17.8 Å². The van der Waals surface area contributed by atoms with Gasteiger partial charge in [0.05, 0.1) is 11.9 Å². The van der Waals surface area contributed by atoms with Crippen molar-refractivity contribution in [1.82, 2.24) is 9.88 Å². The summed E-state index contributed by atoms with van der Waals surface area (Å²) in [5.41, 5.74) is 3.04. The molecule has 3 aromatic carbocycles. The van der Waals surface area contributed by atoms with Gasteiger partial charge in [-0.25, -0.2) is 4.98 Å². The Balaban J connectivity index is 1.42. The fourth-order valence-electron chi connectivity index (χ4n) is 4.13. The van der Waals surface area contributed by atoms with E-state index < -0.39 is 6.04 Å². The van der Waals surface area contributed by atoms with Crippen LogP contribution in [0.4, 0.5) is 5.69 Å². The molecule has 1 aromatic heterocycles. The van der Waals surface area contributed by atoms with Crippen molar-refractivity contribution in [3.05, 3.63) is 119 Å². The lowest BCUT2D eigenvalue weighted by atomic mass is 9.92. The molecule has 0 aliphatic carbocycles. The van der Waals surface area contributed by atoms with Gasteiger partial charge in [-0.3, -0.25) is 9.59 Å². The molecule has 6 nitrogen and oxygen atoms in total. The number of aromatic nitrogens is 1. The number of carbonyl (C=O) groups excluding carboxylic acids is 2. The highest BCUT2D eigenvalue weighted by Gasteiger charge is 2.35. The van der Waals surface area contributed by atoms with Gasteiger partial charge in [-0.05, 0) is 53.6 Å². The second-order valence-corrected chi connectivity index (χ2v) is 8.61. The van der Waals surface area contributed by atoms with Gasteiger partial charge in [0, 0.05) is 18.5 Å². The van der Waals surface area contributed by atoms with Crippen LogP contribution in [0.2, 0.25) is 5.15 Å². The first-order chi connectivity index (χ1) is 17.1. The largest absolute Gasteiger partial charge is 0.457 e. The van der Waals surface area contributed by atoms with Crippen LogP contribution in [0.25, 0.3) is 0 Å². The number of halogens is 1. The van der Waals surface area contributed by atoms with E-state index in [1.54, 1.807) is 41.3 Å². The second-order valence-electron chi connectivity index (χ2n) is 8.22. The standard InChI is InChI=1S/C28H22ClN3O3/c29-26-14-13-22(17-30-26)31-27(33)25-16-19-7-4-5-8-21(19)18-32(25)28(34)20-9-6-12-24(15-20)35-23-10-2-1-3-11-23/h1-15,17,25H,16,18H2,(H,31,33)/t25-/m1/s1. The van der Waals surface area contributed by atoms with Crippen LogP contribution < -0.4 is 10.1 Å². The molecule has 2 heterocycles. The first-order valence-electron chi connectivity index (χ1n) is 11.2. The number of benzene rings is 3. The summed E-state index contributed by atoms with van der Waals surface area (Å²) in [6.45, 7) is 0.329. The van der Waals surface area contributed by atoms with Crippen LogP contribution in [0.15, 0.2) is 97.2 Å². The molecule has 1 atom stereocenters. The summed E-state index contributed by atoms with van der Waals surface area (Å²) in [6, 6.07) is 26.9. The summed E-state index contributed by atoms with van der Waals surface area (Å²) in [4.78, 5) is 32.6. The van der Waals surface area contributed by atoms with Crippen molar-refractivity contribution in [2.75, 3.05) is 5.32 Å². The first-order valence-corrected chi connectivity index (χ1v) is 11.6. The lowest BCUT2D eigenvalue weighted by molar-refractivity contribution is -0.121.